The summed E-state index contributed by atoms with van der Waals surface area (Å²) in [5.74, 6) is -5.51. The first-order chi connectivity index (χ1) is 31.9. The van der Waals surface area contributed by atoms with Gasteiger partial charge in [0.1, 0.15) is 36.2 Å². The van der Waals surface area contributed by atoms with E-state index in [1.54, 1.807) is 13.0 Å². The molecule has 372 valence electrons. The highest BCUT2D eigenvalue weighted by atomic mass is 16.5. The fourth-order valence-electron chi connectivity index (χ4n) is 8.24. The van der Waals surface area contributed by atoms with Crippen molar-refractivity contribution in [3.8, 4) is 22.6 Å². The molecule has 0 fully saturated rings. The van der Waals surface area contributed by atoms with Crippen molar-refractivity contribution in [1.29, 1.82) is 0 Å². The van der Waals surface area contributed by atoms with E-state index in [0.717, 1.165) is 24.2 Å². The molecule has 7 N–H and O–H groups in total. The Morgan fingerprint density at radius 2 is 1.36 bits per heavy atom. The van der Waals surface area contributed by atoms with Gasteiger partial charge in [-0.1, -0.05) is 103 Å². The third-order valence-corrected chi connectivity index (χ3v) is 12.5. The second-order valence-electron chi connectivity index (χ2n) is 18.4. The quantitative estimate of drug-likeness (QED) is 0.0474. The van der Waals surface area contributed by atoms with Gasteiger partial charge in [0.05, 0.1) is 12.6 Å². The first-order valence-electron chi connectivity index (χ1n) is 24.3. The zero-order chi connectivity index (χ0) is 49.6. The maximum atomic E-state index is 14.2. The van der Waals surface area contributed by atoms with Crippen molar-refractivity contribution in [3.63, 3.8) is 0 Å². The number of phenols is 2. The van der Waals surface area contributed by atoms with Crippen LogP contribution in [0.3, 0.4) is 0 Å². The van der Waals surface area contributed by atoms with Gasteiger partial charge >= 0.3 is 5.97 Å². The summed E-state index contributed by atoms with van der Waals surface area (Å²) in [6.45, 7) is 6.06. The number of ether oxygens (including phenoxy) is 1. The molecule has 16 heteroatoms. The fraction of sp³-hybridized carbons (Fsp3) is 0.627. The van der Waals surface area contributed by atoms with Gasteiger partial charge in [-0.05, 0) is 55.7 Å². The number of Topliss-reactive ketones (excluding diaryl/α,β-unsaturated/α-hetero) is 2. The fourth-order valence-corrected chi connectivity index (χ4v) is 8.24. The summed E-state index contributed by atoms with van der Waals surface area (Å²) in [6.07, 6.45) is 14.3. The molecule has 3 rings (SSSR count). The first-order valence-corrected chi connectivity index (χ1v) is 24.3. The minimum Gasteiger partial charge on any atom is -0.507 e. The number of hydrogen-bond donors (Lipinski definition) is 6. The maximum absolute atomic E-state index is 14.2. The highest BCUT2D eigenvalue weighted by molar-refractivity contribution is 5.96. The van der Waals surface area contributed by atoms with Gasteiger partial charge < -0.3 is 46.2 Å². The number of amides is 4. The van der Waals surface area contributed by atoms with E-state index in [0.29, 0.717) is 12.0 Å². The van der Waals surface area contributed by atoms with Crippen LogP contribution >= 0.6 is 0 Å². The SMILES string of the molecule is CCCCCCCCCCCCCCCC(=O)N(C)[C@H](CO)C(=O)N[C@H](C)C(=O)CCC(=O)N(C)[C@@H]1C(=O)C[C@@H](C)C(=O)N[C@H](C(=O)OC[C@H](C)N)Cc2ccc(O)c(c2)-c2cc1ccc2O. The van der Waals surface area contributed by atoms with E-state index < -0.39 is 78.0 Å². The Kier molecular flexibility index (Phi) is 24.0. The van der Waals surface area contributed by atoms with Crippen LogP contribution in [0.25, 0.3) is 11.1 Å². The van der Waals surface area contributed by atoms with Crippen LogP contribution in [-0.4, -0.2) is 118 Å². The summed E-state index contributed by atoms with van der Waals surface area (Å²) in [5.41, 5.74) is 6.84. The summed E-state index contributed by atoms with van der Waals surface area (Å²) in [6, 6.07) is 3.44. The average Bonchev–Trinajstić information content (AvgIpc) is 3.29. The molecule has 1 heterocycles. The third kappa shape index (κ3) is 18.0. The van der Waals surface area contributed by atoms with Crippen LogP contribution in [0.2, 0.25) is 0 Å². The van der Waals surface area contributed by atoms with Gasteiger partial charge in [0.25, 0.3) is 0 Å². The molecule has 0 saturated carbocycles. The molecule has 2 aromatic carbocycles. The van der Waals surface area contributed by atoms with Crippen molar-refractivity contribution in [2.75, 3.05) is 27.3 Å². The molecule has 0 aliphatic carbocycles. The van der Waals surface area contributed by atoms with Gasteiger partial charge in [0.15, 0.2) is 11.6 Å². The van der Waals surface area contributed by atoms with Crippen molar-refractivity contribution in [3.05, 3.63) is 47.5 Å². The Balaban J connectivity index is 1.64. The van der Waals surface area contributed by atoms with E-state index in [9.17, 15) is 48.9 Å². The summed E-state index contributed by atoms with van der Waals surface area (Å²) in [7, 11) is 2.82. The lowest BCUT2D eigenvalue weighted by Gasteiger charge is -2.30. The molecular formula is C51H77N5O11. The minimum atomic E-state index is -1.31. The molecule has 6 atom stereocenters. The number of carbonyl (C=O) groups excluding carboxylic acids is 7. The van der Waals surface area contributed by atoms with Crippen molar-refractivity contribution in [2.45, 2.75) is 173 Å². The van der Waals surface area contributed by atoms with Crippen LogP contribution in [0.4, 0.5) is 0 Å². The number of nitrogens with one attached hydrogen (secondary N) is 2. The average molecular weight is 936 g/mol. The van der Waals surface area contributed by atoms with E-state index in [1.807, 2.05) is 0 Å². The lowest BCUT2D eigenvalue weighted by atomic mass is 9.89. The predicted octanol–water partition coefficient (Wildman–Crippen LogP) is 5.95. The number of aromatic hydroxyl groups is 2. The number of benzene rings is 2. The number of carbonyl (C=O) groups is 7. The Labute approximate surface area is 396 Å². The summed E-state index contributed by atoms with van der Waals surface area (Å²) in [4.78, 5) is 96.6. The number of nitrogens with two attached hydrogens (primary N) is 1. The highest BCUT2D eigenvalue weighted by Gasteiger charge is 2.34. The van der Waals surface area contributed by atoms with Gasteiger partial charge in [0.2, 0.25) is 23.6 Å². The van der Waals surface area contributed by atoms with Crippen molar-refractivity contribution in [2.24, 2.45) is 11.7 Å². The zero-order valence-electron chi connectivity index (χ0n) is 40.6. The van der Waals surface area contributed by atoms with E-state index in [-0.39, 0.29) is 72.8 Å². The molecule has 67 heavy (non-hydrogen) atoms. The van der Waals surface area contributed by atoms with Gasteiger partial charge in [-0.25, -0.2) is 4.79 Å². The number of phenolic OH excluding ortho intramolecular Hbond substituents is 2. The third-order valence-electron chi connectivity index (χ3n) is 12.5. The molecule has 2 aromatic rings. The lowest BCUT2D eigenvalue weighted by molar-refractivity contribution is -0.148. The van der Waals surface area contributed by atoms with Crippen molar-refractivity contribution in [1.82, 2.24) is 20.4 Å². The van der Waals surface area contributed by atoms with Crippen molar-refractivity contribution < 1.29 is 53.6 Å². The van der Waals surface area contributed by atoms with E-state index in [1.165, 1.54) is 121 Å². The summed E-state index contributed by atoms with van der Waals surface area (Å²) in [5, 5.41) is 37.3. The number of rotatable bonds is 26. The normalized spacial score (nSPS) is 17.6. The maximum Gasteiger partial charge on any atom is 0.329 e. The highest BCUT2D eigenvalue weighted by Crippen LogP contribution is 2.39. The number of esters is 1. The zero-order valence-corrected chi connectivity index (χ0v) is 40.6. The monoisotopic (exact) mass is 936 g/mol. The molecule has 1 aliphatic heterocycles. The second-order valence-corrected chi connectivity index (χ2v) is 18.4. The Morgan fingerprint density at radius 1 is 0.791 bits per heavy atom. The van der Waals surface area contributed by atoms with Crippen LogP contribution in [0.15, 0.2) is 36.4 Å². The number of ketones is 2. The number of aliphatic hydroxyl groups excluding tert-OH is 1. The number of nitrogens with zero attached hydrogens (tertiary/aromatic N) is 2. The molecule has 0 unspecified atom stereocenters. The Hall–Kier alpha value is -5.35. The van der Waals surface area contributed by atoms with Gasteiger partial charge in [-0.15, -0.1) is 0 Å². The molecule has 4 bridgehead atoms. The number of fused-ring (bicyclic) bond motifs is 5. The van der Waals surface area contributed by atoms with E-state index in [2.05, 4.69) is 17.6 Å². The Morgan fingerprint density at radius 3 is 1.94 bits per heavy atom. The van der Waals surface area contributed by atoms with Crippen LogP contribution in [0.1, 0.15) is 154 Å². The molecule has 4 amide bonds. The summed E-state index contributed by atoms with van der Waals surface area (Å²) >= 11 is 0. The predicted molar refractivity (Wildman–Crippen MR) is 256 cm³/mol. The molecule has 0 spiro atoms. The van der Waals surface area contributed by atoms with Gasteiger partial charge in [-0.3, -0.25) is 28.8 Å². The minimum absolute atomic E-state index is 0.0445. The Bertz CT molecular complexity index is 1970. The standard InChI is InChI=1S/C51H77N5O11/c1-7-8-9-10-11-12-13-14-15-16-17-18-19-20-46(62)55(5)41(31-57)50(65)53-35(4)42(58)25-26-47(63)56(6)48-37-22-24-44(60)39(30-37)38-28-36(21-23-43(38)59)29-40(51(66)67-32-34(3)52)54-49(64)33(2)27-45(48)61/h21-24,28,30,33-35,40-41,48,57,59-60H,7-20,25-27,29,31-32,52H2,1-6H3,(H,53,65)(H,54,64)/t33-,34+,35-,40+,41-,48+/m1/s1. The van der Waals surface area contributed by atoms with Crippen molar-refractivity contribution >= 4 is 41.2 Å². The number of likely N-dealkylation sites (N-methyl/N-ethyl adjacent to an activating group) is 2. The smallest absolute Gasteiger partial charge is 0.329 e. The first kappa shape index (κ1) is 56.0. The number of hydrogen-bond acceptors (Lipinski definition) is 12. The lowest BCUT2D eigenvalue weighted by Crippen LogP contribution is -2.53. The van der Waals surface area contributed by atoms with Gasteiger partial charge in [0, 0.05) is 69.3 Å². The van der Waals surface area contributed by atoms with Gasteiger partial charge in [-0.2, -0.15) is 0 Å². The summed E-state index contributed by atoms with van der Waals surface area (Å²) < 4.78 is 5.34. The molecule has 16 nitrogen and oxygen atoms in total. The molecule has 0 aromatic heterocycles. The molecule has 1 aliphatic rings. The van der Waals surface area contributed by atoms with Crippen LogP contribution in [0, 0.1) is 5.92 Å². The number of unbranched alkanes of at least 4 members (excludes halogenated alkanes) is 12. The van der Waals surface area contributed by atoms with Crippen LogP contribution in [-0.2, 0) is 44.7 Å². The largest absolute Gasteiger partial charge is 0.507 e. The topological polar surface area (TPSA) is 246 Å². The molecular weight excluding hydrogens is 859 g/mol. The second kappa shape index (κ2) is 28.7. The molecule has 0 saturated heterocycles. The molecule has 0 radical (unpaired) electrons. The van der Waals surface area contributed by atoms with Crippen LogP contribution < -0.4 is 16.4 Å². The number of aliphatic hydroxyl groups is 1. The van der Waals surface area contributed by atoms with E-state index in [4.69, 9.17) is 10.5 Å². The van der Waals surface area contributed by atoms with E-state index >= 15 is 0 Å². The van der Waals surface area contributed by atoms with Crippen LogP contribution in [0.5, 0.6) is 11.5 Å².